The third kappa shape index (κ3) is 3.27. The minimum Gasteiger partial charge on any atom is -0.471 e. The molecule has 0 spiro atoms. The molecule has 1 atom stereocenters. The topological polar surface area (TPSA) is 73.6 Å². The molecule has 3 heterocycles. The van der Waals surface area contributed by atoms with Crippen molar-refractivity contribution in [3.63, 3.8) is 0 Å². The van der Waals surface area contributed by atoms with E-state index >= 15 is 0 Å². The van der Waals surface area contributed by atoms with Crippen molar-refractivity contribution in [3.05, 3.63) is 17.8 Å². The van der Waals surface area contributed by atoms with E-state index in [0.29, 0.717) is 18.1 Å². The van der Waals surface area contributed by atoms with Crippen molar-refractivity contribution >= 4 is 12.6 Å². The number of rotatable bonds is 3. The average molecular weight is 330 g/mol. The second kappa shape index (κ2) is 6.36. The Morgan fingerprint density at radius 3 is 2.58 bits per heavy atom. The molecule has 3 rings (SSSR count). The summed E-state index contributed by atoms with van der Waals surface area (Å²) < 4.78 is 23.3. The maximum Gasteiger partial charge on any atom is 0.496 e. The average Bonchev–Trinajstić information content (AvgIpc) is 2.77. The Morgan fingerprint density at radius 1 is 1.29 bits per heavy atom. The predicted octanol–water partition coefficient (Wildman–Crippen LogP) is 1.81. The van der Waals surface area contributed by atoms with Gasteiger partial charge in [0.25, 0.3) is 0 Å². The SMILES string of the molecule is CC1(C)OB(c2cnc(O[C@H]3CCCOC3)c(C#N)c2)OC1(C)C. The molecule has 0 amide bonds. The highest BCUT2D eigenvalue weighted by Gasteiger charge is 2.52. The lowest BCUT2D eigenvalue weighted by Gasteiger charge is -2.32. The summed E-state index contributed by atoms with van der Waals surface area (Å²) in [6, 6.07) is 3.88. The number of hydrogen-bond acceptors (Lipinski definition) is 6. The molecule has 0 aromatic carbocycles. The van der Waals surface area contributed by atoms with Crippen LogP contribution in [0.4, 0.5) is 0 Å². The smallest absolute Gasteiger partial charge is 0.471 e. The Bertz CT molecular complexity index is 634. The molecule has 2 saturated heterocycles. The van der Waals surface area contributed by atoms with Crippen LogP contribution in [0.3, 0.4) is 0 Å². The van der Waals surface area contributed by atoms with Crippen molar-refractivity contribution < 1.29 is 18.8 Å². The van der Waals surface area contributed by atoms with Crippen molar-refractivity contribution in [1.82, 2.24) is 4.98 Å². The van der Waals surface area contributed by atoms with Crippen LogP contribution in [0, 0.1) is 11.3 Å². The standard InChI is InChI=1S/C17H23BN2O4/c1-16(2)17(3,4)24-18(23-16)13-8-12(9-19)15(20-10-13)22-14-6-5-7-21-11-14/h8,10,14H,5-7,11H2,1-4H3/t14-/m0/s1. The highest BCUT2D eigenvalue weighted by atomic mass is 16.7. The fourth-order valence-electron chi connectivity index (χ4n) is 2.71. The van der Waals surface area contributed by atoms with Gasteiger partial charge in [-0.25, -0.2) is 4.98 Å². The van der Waals surface area contributed by atoms with E-state index in [2.05, 4.69) is 11.1 Å². The van der Waals surface area contributed by atoms with Gasteiger partial charge in [0, 0.05) is 18.3 Å². The van der Waals surface area contributed by atoms with Gasteiger partial charge in [-0.1, -0.05) is 0 Å². The summed E-state index contributed by atoms with van der Waals surface area (Å²) in [5, 5.41) is 9.44. The minimum atomic E-state index is -0.540. The number of pyridine rings is 1. The third-order valence-electron chi connectivity index (χ3n) is 4.91. The van der Waals surface area contributed by atoms with Crippen LogP contribution in [0.5, 0.6) is 5.88 Å². The predicted molar refractivity (Wildman–Crippen MR) is 89.1 cm³/mol. The van der Waals surface area contributed by atoms with Crippen LogP contribution in [0.1, 0.15) is 46.1 Å². The monoisotopic (exact) mass is 330 g/mol. The van der Waals surface area contributed by atoms with Crippen molar-refractivity contribution in [2.24, 2.45) is 0 Å². The van der Waals surface area contributed by atoms with Gasteiger partial charge >= 0.3 is 7.12 Å². The molecule has 0 unspecified atom stereocenters. The van der Waals surface area contributed by atoms with Crippen LogP contribution >= 0.6 is 0 Å². The van der Waals surface area contributed by atoms with Crippen molar-refractivity contribution in [1.29, 1.82) is 5.26 Å². The fourth-order valence-corrected chi connectivity index (χ4v) is 2.71. The van der Waals surface area contributed by atoms with Gasteiger partial charge in [0.1, 0.15) is 17.7 Å². The van der Waals surface area contributed by atoms with E-state index in [1.807, 2.05) is 27.7 Å². The van der Waals surface area contributed by atoms with Crippen LogP contribution < -0.4 is 10.2 Å². The van der Waals surface area contributed by atoms with Gasteiger partial charge in [0.15, 0.2) is 0 Å². The lowest BCUT2D eigenvalue weighted by Crippen LogP contribution is -2.41. The number of ether oxygens (including phenoxy) is 2. The lowest BCUT2D eigenvalue weighted by molar-refractivity contribution is 0.00538. The van der Waals surface area contributed by atoms with Crippen LogP contribution in [0.15, 0.2) is 12.3 Å². The largest absolute Gasteiger partial charge is 0.496 e. The number of nitrogens with zero attached hydrogens (tertiary/aromatic N) is 2. The Kier molecular flexibility index (Phi) is 4.56. The maximum absolute atomic E-state index is 9.44. The molecule has 128 valence electrons. The molecule has 7 heteroatoms. The van der Waals surface area contributed by atoms with Crippen LogP contribution in [0.25, 0.3) is 0 Å². The summed E-state index contributed by atoms with van der Waals surface area (Å²) in [4.78, 5) is 4.32. The van der Waals surface area contributed by atoms with Gasteiger partial charge in [-0.05, 0) is 46.6 Å². The molecule has 0 radical (unpaired) electrons. The minimum absolute atomic E-state index is 0.0546. The first kappa shape index (κ1) is 17.2. The summed E-state index contributed by atoms with van der Waals surface area (Å²) in [5.74, 6) is 0.341. The van der Waals surface area contributed by atoms with E-state index in [1.165, 1.54) is 0 Å². The summed E-state index contributed by atoms with van der Waals surface area (Å²) in [6.45, 7) is 9.27. The zero-order chi connectivity index (χ0) is 17.4. The zero-order valence-corrected chi connectivity index (χ0v) is 14.7. The Balaban J connectivity index is 1.78. The molecule has 2 aliphatic heterocycles. The molecule has 1 aromatic rings. The fraction of sp³-hybridized carbons (Fsp3) is 0.647. The van der Waals surface area contributed by atoms with Gasteiger partial charge in [-0.2, -0.15) is 5.26 Å². The molecular formula is C17H23BN2O4. The quantitative estimate of drug-likeness (QED) is 0.787. The van der Waals surface area contributed by atoms with Crippen molar-refractivity contribution in [2.45, 2.75) is 57.8 Å². The molecule has 0 N–H and O–H groups in total. The van der Waals surface area contributed by atoms with Crippen LogP contribution in [-0.4, -0.2) is 42.6 Å². The zero-order valence-electron chi connectivity index (χ0n) is 14.7. The second-order valence-corrected chi connectivity index (χ2v) is 7.28. The molecule has 0 aliphatic carbocycles. The first-order valence-electron chi connectivity index (χ1n) is 8.32. The van der Waals surface area contributed by atoms with Crippen molar-refractivity contribution in [3.8, 4) is 11.9 Å². The first-order valence-corrected chi connectivity index (χ1v) is 8.32. The van der Waals surface area contributed by atoms with E-state index in [9.17, 15) is 5.26 Å². The van der Waals surface area contributed by atoms with E-state index < -0.39 is 18.3 Å². The Hall–Kier alpha value is -1.62. The number of nitriles is 1. The summed E-state index contributed by atoms with van der Waals surface area (Å²) >= 11 is 0. The number of aromatic nitrogens is 1. The van der Waals surface area contributed by atoms with E-state index in [4.69, 9.17) is 18.8 Å². The van der Waals surface area contributed by atoms with Gasteiger partial charge in [-0.15, -0.1) is 0 Å². The molecule has 2 aliphatic rings. The highest BCUT2D eigenvalue weighted by Crippen LogP contribution is 2.36. The molecule has 1 aromatic heterocycles. The summed E-state index contributed by atoms with van der Waals surface area (Å²) in [6.07, 6.45) is 3.47. The van der Waals surface area contributed by atoms with E-state index in [0.717, 1.165) is 24.9 Å². The second-order valence-electron chi connectivity index (χ2n) is 7.28. The molecular weight excluding hydrogens is 307 g/mol. The lowest BCUT2D eigenvalue weighted by atomic mass is 9.80. The number of hydrogen-bond donors (Lipinski definition) is 0. The Morgan fingerprint density at radius 2 is 2.00 bits per heavy atom. The highest BCUT2D eigenvalue weighted by molar-refractivity contribution is 6.62. The summed E-state index contributed by atoms with van der Waals surface area (Å²) in [7, 11) is -0.540. The maximum atomic E-state index is 9.44. The van der Waals surface area contributed by atoms with E-state index in [1.54, 1.807) is 12.3 Å². The molecule has 24 heavy (non-hydrogen) atoms. The molecule has 6 nitrogen and oxygen atoms in total. The third-order valence-corrected chi connectivity index (χ3v) is 4.91. The van der Waals surface area contributed by atoms with Gasteiger partial charge in [0.2, 0.25) is 5.88 Å². The van der Waals surface area contributed by atoms with Gasteiger partial charge in [-0.3, -0.25) is 0 Å². The summed E-state index contributed by atoms with van der Waals surface area (Å²) in [5.41, 5.74) is 0.239. The first-order chi connectivity index (χ1) is 11.3. The van der Waals surface area contributed by atoms with Crippen molar-refractivity contribution in [2.75, 3.05) is 13.2 Å². The molecule has 2 fully saturated rings. The van der Waals surface area contributed by atoms with Crippen LogP contribution in [-0.2, 0) is 14.0 Å². The van der Waals surface area contributed by atoms with E-state index in [-0.39, 0.29) is 6.10 Å². The van der Waals surface area contributed by atoms with Gasteiger partial charge < -0.3 is 18.8 Å². The van der Waals surface area contributed by atoms with Crippen LogP contribution in [0.2, 0.25) is 0 Å². The van der Waals surface area contributed by atoms with Gasteiger partial charge in [0.05, 0.1) is 17.8 Å². The Labute approximate surface area is 143 Å². The molecule has 0 bridgehead atoms. The normalized spacial score (nSPS) is 25.3. The molecule has 0 saturated carbocycles.